The monoisotopic (exact) mass is 340 g/mol. The van der Waals surface area contributed by atoms with Gasteiger partial charge in [-0.3, -0.25) is 0 Å². The number of hydrogen-bond acceptors (Lipinski definition) is 5. The lowest BCUT2D eigenvalue weighted by molar-refractivity contribution is 0.881. The minimum atomic E-state index is 0.256. The Hall–Kier alpha value is -2.72. The Morgan fingerprint density at radius 3 is 2.76 bits per heavy atom. The molecule has 0 bridgehead atoms. The molecule has 0 atom stereocenters. The first kappa shape index (κ1) is 13.3. The predicted molar refractivity (Wildman–Crippen MR) is 83.0 cm³/mol. The van der Waals surface area contributed by atoms with E-state index in [1.165, 1.54) is 0 Å². The molecule has 0 fully saturated rings. The molecule has 0 radical (unpaired) electrons. The van der Waals surface area contributed by atoms with E-state index >= 15 is 0 Å². The number of aromatic amines is 1. The van der Waals surface area contributed by atoms with Crippen LogP contribution in [0.5, 0.6) is 0 Å². The smallest absolute Gasteiger partial charge is 0.216 e. The van der Waals surface area contributed by atoms with Crippen LogP contribution in [0.25, 0.3) is 16.3 Å². The van der Waals surface area contributed by atoms with Crippen LogP contribution in [-0.4, -0.2) is 20.6 Å². The number of nitrogens with zero attached hydrogens (tertiary/aromatic N) is 4. The number of nitriles is 1. The zero-order valence-electron chi connectivity index (χ0n) is 10.7. The third kappa shape index (κ3) is 2.61. The number of benzene rings is 2. The normalized spacial score (nSPS) is 11.3. The average molecular weight is 341 g/mol. The molecule has 102 valence electrons. The van der Waals surface area contributed by atoms with E-state index < -0.39 is 0 Å². The molecule has 0 aliphatic heterocycles. The van der Waals surface area contributed by atoms with Crippen LogP contribution in [-0.2, 0) is 0 Å². The Morgan fingerprint density at radius 1 is 1.24 bits per heavy atom. The summed E-state index contributed by atoms with van der Waals surface area (Å²) in [6, 6.07) is 13.9. The average Bonchev–Trinajstić information content (AvgIpc) is 3.04. The molecule has 2 N–H and O–H groups in total. The van der Waals surface area contributed by atoms with Crippen molar-refractivity contribution >= 4 is 38.0 Å². The summed E-state index contributed by atoms with van der Waals surface area (Å²) in [6.07, 6.45) is 1.57. The molecule has 0 spiro atoms. The quantitative estimate of drug-likeness (QED) is 0.715. The van der Waals surface area contributed by atoms with E-state index in [0.29, 0.717) is 5.57 Å². The van der Waals surface area contributed by atoms with E-state index in [0.717, 1.165) is 20.9 Å². The van der Waals surface area contributed by atoms with Crippen LogP contribution < -0.4 is 5.32 Å². The maximum Gasteiger partial charge on any atom is 0.216 e. The van der Waals surface area contributed by atoms with Crippen molar-refractivity contribution in [3.63, 3.8) is 0 Å². The highest BCUT2D eigenvalue weighted by Crippen LogP contribution is 2.30. The first-order valence-electron chi connectivity index (χ1n) is 6.07. The highest BCUT2D eigenvalue weighted by Gasteiger charge is 2.07. The van der Waals surface area contributed by atoms with E-state index in [-0.39, 0.29) is 5.82 Å². The number of nitrogens with one attached hydrogen (secondary N) is 2. The third-order valence-electron chi connectivity index (χ3n) is 2.95. The first-order chi connectivity index (χ1) is 10.3. The van der Waals surface area contributed by atoms with Gasteiger partial charge in [0, 0.05) is 21.7 Å². The molecule has 2 aromatic carbocycles. The number of hydrogen-bond donors (Lipinski definition) is 2. The summed E-state index contributed by atoms with van der Waals surface area (Å²) in [7, 11) is 0. The molecule has 0 unspecified atom stereocenters. The summed E-state index contributed by atoms with van der Waals surface area (Å²) in [6.45, 7) is 0. The molecule has 0 saturated heterocycles. The largest absolute Gasteiger partial charge is 0.360 e. The van der Waals surface area contributed by atoms with Gasteiger partial charge in [-0.1, -0.05) is 40.2 Å². The maximum absolute atomic E-state index is 9.15. The zero-order chi connectivity index (χ0) is 14.7. The number of anilines is 1. The number of halogens is 1. The second kappa shape index (κ2) is 5.73. The van der Waals surface area contributed by atoms with Crippen molar-refractivity contribution in [2.24, 2.45) is 0 Å². The van der Waals surface area contributed by atoms with Crippen molar-refractivity contribution in [3.8, 4) is 6.07 Å². The fraction of sp³-hybridized carbons (Fsp3) is 0. The van der Waals surface area contributed by atoms with Gasteiger partial charge in [0.2, 0.25) is 5.82 Å². The number of fused-ring (bicyclic) bond motifs is 1. The molecule has 0 saturated carbocycles. The van der Waals surface area contributed by atoms with Gasteiger partial charge in [0.05, 0.1) is 0 Å². The van der Waals surface area contributed by atoms with Gasteiger partial charge >= 0.3 is 0 Å². The van der Waals surface area contributed by atoms with Crippen LogP contribution >= 0.6 is 15.9 Å². The molecule has 7 heteroatoms. The van der Waals surface area contributed by atoms with E-state index in [4.69, 9.17) is 5.26 Å². The molecule has 3 rings (SSSR count). The fourth-order valence-electron chi connectivity index (χ4n) is 1.96. The Labute approximate surface area is 128 Å². The molecule has 1 aromatic heterocycles. The highest BCUT2D eigenvalue weighted by atomic mass is 79.9. The molecule has 1 heterocycles. The minimum Gasteiger partial charge on any atom is -0.360 e. The number of aromatic nitrogens is 4. The second-order valence-electron chi connectivity index (χ2n) is 4.19. The van der Waals surface area contributed by atoms with Gasteiger partial charge in [-0.25, -0.2) is 0 Å². The second-order valence-corrected chi connectivity index (χ2v) is 5.04. The summed E-state index contributed by atoms with van der Waals surface area (Å²) >= 11 is 3.53. The summed E-state index contributed by atoms with van der Waals surface area (Å²) in [5.74, 6) is 0.256. The van der Waals surface area contributed by atoms with Crippen molar-refractivity contribution in [2.45, 2.75) is 0 Å². The van der Waals surface area contributed by atoms with E-state index in [9.17, 15) is 0 Å². The SMILES string of the molecule is N#CC(=CNc1ccc(Br)c2ccccc12)c1nn[nH]n1. The maximum atomic E-state index is 9.15. The fourth-order valence-corrected chi connectivity index (χ4v) is 2.44. The third-order valence-corrected chi connectivity index (χ3v) is 3.64. The number of rotatable bonds is 3. The van der Waals surface area contributed by atoms with Gasteiger partial charge < -0.3 is 5.32 Å². The van der Waals surface area contributed by atoms with Crippen LogP contribution in [0, 0.1) is 11.3 Å². The summed E-state index contributed by atoms with van der Waals surface area (Å²) < 4.78 is 1.02. The van der Waals surface area contributed by atoms with Crippen molar-refractivity contribution in [1.29, 1.82) is 5.26 Å². The van der Waals surface area contributed by atoms with Gasteiger partial charge in [0.1, 0.15) is 11.6 Å². The molecule has 0 aliphatic rings. The van der Waals surface area contributed by atoms with Gasteiger partial charge in [0.15, 0.2) is 0 Å². The van der Waals surface area contributed by atoms with E-state index in [1.54, 1.807) is 6.20 Å². The van der Waals surface area contributed by atoms with Crippen molar-refractivity contribution in [2.75, 3.05) is 5.32 Å². The van der Waals surface area contributed by atoms with Crippen LogP contribution in [0.3, 0.4) is 0 Å². The van der Waals surface area contributed by atoms with E-state index in [1.807, 2.05) is 42.5 Å². The molecule has 0 amide bonds. The van der Waals surface area contributed by atoms with Gasteiger partial charge in [-0.2, -0.15) is 10.5 Å². The van der Waals surface area contributed by atoms with Crippen LogP contribution in [0.1, 0.15) is 5.82 Å². The van der Waals surface area contributed by atoms with Gasteiger partial charge in [0.25, 0.3) is 0 Å². The van der Waals surface area contributed by atoms with Crippen molar-refractivity contribution < 1.29 is 0 Å². The topological polar surface area (TPSA) is 90.3 Å². The highest BCUT2D eigenvalue weighted by molar-refractivity contribution is 9.10. The summed E-state index contributed by atoms with van der Waals surface area (Å²) in [4.78, 5) is 0. The lowest BCUT2D eigenvalue weighted by Crippen LogP contribution is -1.94. The molecule has 6 nitrogen and oxygen atoms in total. The van der Waals surface area contributed by atoms with Crippen LogP contribution in [0.2, 0.25) is 0 Å². The Morgan fingerprint density at radius 2 is 2.05 bits per heavy atom. The number of tetrazole rings is 1. The Bertz CT molecular complexity index is 848. The summed E-state index contributed by atoms with van der Waals surface area (Å²) in [5, 5.41) is 27.8. The molecular formula is C14H9BrN6. The van der Waals surface area contributed by atoms with E-state index in [2.05, 4.69) is 41.9 Å². The van der Waals surface area contributed by atoms with Crippen molar-refractivity contribution in [3.05, 3.63) is 52.9 Å². The van der Waals surface area contributed by atoms with Gasteiger partial charge in [-0.05, 0) is 22.7 Å². The molecule has 21 heavy (non-hydrogen) atoms. The Kier molecular flexibility index (Phi) is 3.62. The molecule has 3 aromatic rings. The standard InChI is InChI=1S/C14H9BrN6/c15-12-5-6-13(11-4-2-1-3-10(11)12)17-8-9(7-16)14-18-20-21-19-14/h1-6,8,17H,(H,18,19,20,21). The first-order valence-corrected chi connectivity index (χ1v) is 6.87. The lowest BCUT2D eigenvalue weighted by Gasteiger charge is -2.08. The minimum absolute atomic E-state index is 0.256. The predicted octanol–water partition coefficient (Wildman–Crippen LogP) is 3.09. The van der Waals surface area contributed by atoms with Crippen LogP contribution in [0.4, 0.5) is 5.69 Å². The van der Waals surface area contributed by atoms with Crippen LogP contribution in [0.15, 0.2) is 47.1 Å². The number of H-pyrrole nitrogens is 1. The van der Waals surface area contributed by atoms with Crippen molar-refractivity contribution in [1.82, 2.24) is 20.6 Å². The molecular weight excluding hydrogens is 332 g/mol. The zero-order valence-corrected chi connectivity index (χ0v) is 12.3. The summed E-state index contributed by atoms with van der Waals surface area (Å²) in [5.41, 5.74) is 1.20. The lowest BCUT2D eigenvalue weighted by atomic mass is 10.1. The van der Waals surface area contributed by atoms with Gasteiger partial charge in [-0.15, -0.1) is 10.2 Å². The molecule has 0 aliphatic carbocycles. The number of allylic oxidation sites excluding steroid dienone is 1. The Balaban J connectivity index is 1.99.